The number of hydrogen-bond acceptors (Lipinski definition) is 4. The van der Waals surface area contributed by atoms with Crippen molar-refractivity contribution < 1.29 is 34.7 Å². The topological polar surface area (TPSA) is 71.4 Å². The van der Waals surface area contributed by atoms with Crippen LogP contribution in [0.1, 0.15) is 50.7 Å². The van der Waals surface area contributed by atoms with E-state index in [1.807, 2.05) is 12.1 Å². The maximum absolute atomic E-state index is 7.00. The minimum Gasteiger partial charge on any atom is -0.501 e. The Hall–Kier alpha value is -4.06. The summed E-state index contributed by atoms with van der Waals surface area (Å²) in [5.74, 6) is 1.55. The Kier molecular flexibility index (Phi) is 11.1. The van der Waals surface area contributed by atoms with Gasteiger partial charge in [-0.25, -0.2) is 0 Å². The van der Waals surface area contributed by atoms with E-state index in [1.165, 1.54) is 22.4 Å². The van der Waals surface area contributed by atoms with E-state index in [2.05, 4.69) is 129 Å². The van der Waals surface area contributed by atoms with Gasteiger partial charge < -0.3 is 19.2 Å². The molecule has 2 aromatic heterocycles. The fourth-order valence-electron chi connectivity index (χ4n) is 5.91. The standard InChI is InChI=1S/C37H31N2O.2CH4O.Ir/c1-23(2)27-14-10-15-28(24(3)4)35(27)39-33-19-9-8-18-32(33)38-37(39)31-17-11-16-30-29-21-20-26(22-34(29)40-36(30)31)25-12-6-5-7-13-25;2*1-2;/h5-16,18-24H,1-4H3;2*2H,1H3;/q-1;;;. The Balaban J connectivity index is 0.000000888. The van der Waals surface area contributed by atoms with Gasteiger partial charge in [-0.1, -0.05) is 111 Å². The minimum absolute atomic E-state index is 0. The van der Waals surface area contributed by atoms with Crippen LogP contribution in [-0.4, -0.2) is 34.0 Å². The number of fused-ring (bicyclic) bond motifs is 4. The van der Waals surface area contributed by atoms with Crippen molar-refractivity contribution in [2.75, 3.05) is 14.2 Å². The molecule has 5 nitrogen and oxygen atoms in total. The Morgan fingerprint density at radius 1 is 0.689 bits per heavy atom. The van der Waals surface area contributed by atoms with Gasteiger partial charge >= 0.3 is 0 Å². The Bertz CT molecular complexity index is 2000. The number of aliphatic hydroxyl groups is 2. The quantitative estimate of drug-likeness (QED) is 0.171. The molecule has 6 heteroatoms. The van der Waals surface area contributed by atoms with Gasteiger partial charge in [-0.15, -0.1) is 18.2 Å². The van der Waals surface area contributed by atoms with Crippen molar-refractivity contribution in [2.24, 2.45) is 0 Å². The molecular weight excluding hydrogens is 737 g/mol. The predicted octanol–water partition coefficient (Wildman–Crippen LogP) is 9.52. The summed E-state index contributed by atoms with van der Waals surface area (Å²) in [7, 11) is 2.00. The van der Waals surface area contributed by atoms with E-state index in [0.717, 1.165) is 64.1 Å². The molecule has 7 rings (SSSR count). The molecule has 1 radical (unpaired) electrons. The van der Waals surface area contributed by atoms with Crippen molar-refractivity contribution in [2.45, 2.75) is 39.5 Å². The Labute approximate surface area is 278 Å². The molecule has 45 heavy (non-hydrogen) atoms. The van der Waals surface area contributed by atoms with Crippen LogP contribution >= 0.6 is 0 Å². The van der Waals surface area contributed by atoms with Gasteiger partial charge in [-0.3, -0.25) is 4.98 Å². The number of para-hydroxylation sites is 3. The van der Waals surface area contributed by atoms with Crippen LogP contribution in [0.4, 0.5) is 0 Å². The first-order valence-electron chi connectivity index (χ1n) is 14.9. The van der Waals surface area contributed by atoms with Crippen LogP contribution in [0.5, 0.6) is 0 Å². The summed E-state index contributed by atoms with van der Waals surface area (Å²) in [6.45, 7) is 9.05. The van der Waals surface area contributed by atoms with Gasteiger partial charge in [0.05, 0.1) is 22.4 Å². The molecule has 0 aliphatic heterocycles. The summed E-state index contributed by atoms with van der Waals surface area (Å²) < 4.78 is 9.00. The summed E-state index contributed by atoms with van der Waals surface area (Å²) in [6.07, 6.45) is 0. The van der Waals surface area contributed by atoms with Crippen LogP contribution < -0.4 is 0 Å². The molecule has 0 saturated carbocycles. The number of furan rings is 1. The summed E-state index contributed by atoms with van der Waals surface area (Å²) in [4.78, 5) is 5.22. The normalized spacial score (nSPS) is 10.9. The maximum atomic E-state index is 7.00. The number of hydrogen-bond donors (Lipinski definition) is 2. The molecule has 2 heterocycles. The minimum atomic E-state index is 0. The van der Waals surface area contributed by atoms with Gasteiger partial charge in [-0.05, 0) is 52.3 Å². The van der Waals surface area contributed by atoms with Crippen LogP contribution in [0.15, 0.2) is 108 Å². The molecule has 0 atom stereocenters. The number of rotatable bonds is 5. The predicted molar refractivity (Wildman–Crippen MR) is 183 cm³/mol. The summed E-state index contributed by atoms with van der Waals surface area (Å²) >= 11 is 0. The van der Waals surface area contributed by atoms with E-state index in [4.69, 9.17) is 19.6 Å². The second kappa shape index (κ2) is 14.8. The molecular formula is C39H39IrN2O3-. The zero-order chi connectivity index (χ0) is 31.4. The third-order valence-corrected chi connectivity index (χ3v) is 7.89. The van der Waals surface area contributed by atoms with Gasteiger partial charge in [0.2, 0.25) is 0 Å². The average molecular weight is 776 g/mol. The number of benzene rings is 5. The molecule has 0 fully saturated rings. The Morgan fingerprint density at radius 3 is 2.00 bits per heavy atom. The van der Waals surface area contributed by atoms with Crippen molar-refractivity contribution in [1.82, 2.24) is 9.55 Å². The summed E-state index contributed by atoms with van der Waals surface area (Å²) in [5, 5.41) is 16.2. The van der Waals surface area contributed by atoms with Crippen LogP contribution in [-0.2, 0) is 20.1 Å². The molecule has 0 spiro atoms. The maximum Gasteiger partial charge on any atom is 0.121 e. The molecule has 0 unspecified atom stereocenters. The molecule has 0 bridgehead atoms. The van der Waals surface area contributed by atoms with E-state index in [0.29, 0.717) is 11.8 Å². The Morgan fingerprint density at radius 2 is 1.33 bits per heavy atom. The molecule has 0 aliphatic carbocycles. The van der Waals surface area contributed by atoms with Crippen molar-refractivity contribution in [1.29, 1.82) is 0 Å². The van der Waals surface area contributed by atoms with Crippen molar-refractivity contribution in [3.05, 3.63) is 120 Å². The summed E-state index contributed by atoms with van der Waals surface area (Å²) in [5.41, 5.74) is 10.7. The van der Waals surface area contributed by atoms with E-state index in [1.54, 1.807) is 0 Å². The molecule has 233 valence electrons. The van der Waals surface area contributed by atoms with Crippen molar-refractivity contribution in [3.8, 4) is 28.2 Å². The smallest absolute Gasteiger partial charge is 0.121 e. The van der Waals surface area contributed by atoms with Crippen molar-refractivity contribution >= 4 is 33.0 Å². The second-order valence-electron chi connectivity index (χ2n) is 11.1. The molecule has 0 saturated heterocycles. The summed E-state index contributed by atoms with van der Waals surface area (Å²) in [6, 6.07) is 39.6. The van der Waals surface area contributed by atoms with E-state index < -0.39 is 0 Å². The number of nitrogens with zero attached hydrogens (tertiary/aromatic N) is 2. The fraction of sp³-hybridized carbons (Fsp3) is 0.205. The molecule has 2 N–H and O–H groups in total. The van der Waals surface area contributed by atoms with Crippen LogP contribution in [0.25, 0.3) is 61.2 Å². The third-order valence-electron chi connectivity index (χ3n) is 7.89. The SMILES string of the molecule is CC(C)c1cccc(C(C)C)c1-n1c(-c2[c-]ccc3c2oc2cc(-c4ccccc4)ccc23)nc2ccccc21.CO.CO.[Ir]. The number of imidazole rings is 1. The molecule has 5 aromatic carbocycles. The van der Waals surface area contributed by atoms with E-state index >= 15 is 0 Å². The fourth-order valence-corrected chi connectivity index (χ4v) is 5.91. The first-order chi connectivity index (χ1) is 21.5. The van der Waals surface area contributed by atoms with Crippen molar-refractivity contribution in [3.63, 3.8) is 0 Å². The second-order valence-corrected chi connectivity index (χ2v) is 11.1. The van der Waals surface area contributed by atoms with E-state index in [-0.39, 0.29) is 20.1 Å². The van der Waals surface area contributed by atoms with Gasteiger partial charge in [0, 0.05) is 45.4 Å². The zero-order valence-corrected chi connectivity index (χ0v) is 28.9. The van der Waals surface area contributed by atoms with Crippen LogP contribution in [0.2, 0.25) is 0 Å². The third kappa shape index (κ3) is 6.25. The van der Waals surface area contributed by atoms with E-state index in [9.17, 15) is 0 Å². The average Bonchev–Trinajstić information content (AvgIpc) is 3.64. The monoisotopic (exact) mass is 776 g/mol. The zero-order valence-electron chi connectivity index (χ0n) is 26.5. The molecule has 7 aromatic rings. The molecule has 0 aliphatic rings. The van der Waals surface area contributed by atoms with Gasteiger partial charge in [-0.2, -0.15) is 0 Å². The van der Waals surface area contributed by atoms with Gasteiger partial charge in [0.25, 0.3) is 0 Å². The first-order valence-corrected chi connectivity index (χ1v) is 14.9. The first kappa shape index (κ1) is 33.8. The van der Waals surface area contributed by atoms with Crippen LogP contribution in [0.3, 0.4) is 0 Å². The number of aliphatic hydroxyl groups excluding tert-OH is 2. The largest absolute Gasteiger partial charge is 0.501 e. The number of aromatic nitrogens is 2. The van der Waals surface area contributed by atoms with Crippen LogP contribution in [0, 0.1) is 6.07 Å². The van der Waals surface area contributed by atoms with Gasteiger partial charge in [0.15, 0.2) is 0 Å². The molecule has 0 amide bonds. The van der Waals surface area contributed by atoms with Gasteiger partial charge in [0.1, 0.15) is 5.58 Å².